The van der Waals surface area contributed by atoms with Gasteiger partial charge in [0.15, 0.2) is 0 Å². The van der Waals surface area contributed by atoms with Gasteiger partial charge in [-0.2, -0.15) is 0 Å². The van der Waals surface area contributed by atoms with Gasteiger partial charge < -0.3 is 15.2 Å². The van der Waals surface area contributed by atoms with Crippen molar-refractivity contribution in [3.05, 3.63) is 42.5 Å². The van der Waals surface area contributed by atoms with Crippen LogP contribution in [0.1, 0.15) is 0 Å². The van der Waals surface area contributed by atoms with Gasteiger partial charge in [0.25, 0.3) is 11.4 Å². The number of phenols is 1. The van der Waals surface area contributed by atoms with Crippen LogP contribution in [0.2, 0.25) is 0 Å². The number of nitro groups is 3. The van der Waals surface area contributed by atoms with Gasteiger partial charge >= 0.3 is 11.4 Å². The Balaban J connectivity index is 0.000000300. The van der Waals surface area contributed by atoms with E-state index in [2.05, 4.69) is 10.3 Å². The second kappa shape index (κ2) is 8.33. The molecule has 1 aromatic carbocycles. The Labute approximate surface area is 134 Å². The Kier molecular flexibility index (Phi) is 6.49. The highest BCUT2D eigenvalue weighted by atomic mass is 16.6. The molecule has 0 amide bonds. The maximum Gasteiger partial charge on any atom is 0.324 e. The van der Waals surface area contributed by atoms with E-state index in [1.54, 1.807) is 13.4 Å². The number of ether oxygens (including phenoxy) is 1. The molecule has 1 aliphatic heterocycles. The van der Waals surface area contributed by atoms with Crippen molar-refractivity contribution in [3.63, 3.8) is 0 Å². The zero-order valence-electron chi connectivity index (χ0n) is 12.3. The predicted octanol–water partition coefficient (Wildman–Crippen LogP) is 0.750. The fourth-order valence-electron chi connectivity index (χ4n) is 1.61. The Morgan fingerprint density at radius 3 is 2.00 bits per heavy atom. The highest BCUT2D eigenvalue weighted by molar-refractivity contribution is 5.64. The Hall–Kier alpha value is -3.35. The molecule has 0 bridgehead atoms. The summed E-state index contributed by atoms with van der Waals surface area (Å²) in [6.07, 6.45) is 2.00. The van der Waals surface area contributed by atoms with Gasteiger partial charge in [-0.3, -0.25) is 35.3 Å². The van der Waals surface area contributed by atoms with E-state index in [1.807, 2.05) is 0 Å². The lowest BCUT2D eigenvalue weighted by atomic mass is 10.2. The molecule has 0 aliphatic carbocycles. The largest absolute Gasteiger partial charge is 0.497 e. The molecule has 13 heteroatoms. The monoisotopic (exact) mass is 343 g/mol. The van der Waals surface area contributed by atoms with Gasteiger partial charge in [0.1, 0.15) is 0 Å². The Morgan fingerprint density at radius 1 is 1.17 bits per heavy atom. The number of aliphatic imine (C=N–C) groups is 1. The number of hydrogen-bond acceptors (Lipinski definition) is 10. The molecule has 0 fully saturated rings. The van der Waals surface area contributed by atoms with Crippen LogP contribution in [0.4, 0.5) is 17.1 Å². The second-order valence-electron chi connectivity index (χ2n) is 4.36. The summed E-state index contributed by atoms with van der Waals surface area (Å²) in [6, 6.07) is 0.894. The maximum absolute atomic E-state index is 10.4. The lowest BCUT2D eigenvalue weighted by Gasteiger charge is -2.15. The normalized spacial score (nSPS) is 15.6. The molecule has 0 radical (unpaired) electrons. The third kappa shape index (κ3) is 4.84. The van der Waals surface area contributed by atoms with Crippen LogP contribution in [0.5, 0.6) is 5.75 Å². The standard InChI is InChI=1S/C6H3N3O7.C5H10N2O/c10-6-4(8(13)14)1-3(7(11)12)2-5(6)9(15)16;1-8-5-2-6-4-7-3-5/h1-2,10H;4-5H,2-3H2,1H3,(H,6,7). The summed E-state index contributed by atoms with van der Waals surface area (Å²) in [7, 11) is 1.70. The molecule has 2 N–H and O–H groups in total. The highest BCUT2D eigenvalue weighted by Gasteiger charge is 2.30. The molecule has 0 saturated carbocycles. The van der Waals surface area contributed by atoms with E-state index in [1.165, 1.54) is 0 Å². The van der Waals surface area contributed by atoms with Crippen molar-refractivity contribution in [3.8, 4) is 5.75 Å². The van der Waals surface area contributed by atoms with Crippen LogP contribution in [-0.4, -0.2) is 52.5 Å². The van der Waals surface area contributed by atoms with E-state index in [0.717, 1.165) is 13.1 Å². The molecule has 1 aromatic rings. The number of rotatable bonds is 4. The van der Waals surface area contributed by atoms with Crippen LogP contribution >= 0.6 is 0 Å². The van der Waals surface area contributed by atoms with Crippen molar-refractivity contribution >= 4 is 23.4 Å². The summed E-state index contributed by atoms with van der Waals surface area (Å²) in [5.41, 5.74) is -3.00. The van der Waals surface area contributed by atoms with Crippen molar-refractivity contribution < 1.29 is 24.6 Å². The summed E-state index contributed by atoms with van der Waals surface area (Å²) >= 11 is 0. The van der Waals surface area contributed by atoms with Crippen LogP contribution < -0.4 is 5.32 Å². The summed E-state index contributed by atoms with van der Waals surface area (Å²) in [5, 5.41) is 43.2. The number of nitro benzene ring substituents is 3. The third-order valence-corrected chi connectivity index (χ3v) is 2.83. The van der Waals surface area contributed by atoms with E-state index in [4.69, 9.17) is 9.84 Å². The minimum atomic E-state index is -1.21. The molecule has 0 aromatic heterocycles. The van der Waals surface area contributed by atoms with Gasteiger partial charge in [-0.15, -0.1) is 0 Å². The molecule has 0 saturated heterocycles. The molecule has 13 nitrogen and oxygen atoms in total. The summed E-state index contributed by atoms with van der Waals surface area (Å²) in [5.74, 6) is -1.21. The molecular weight excluding hydrogens is 330 g/mol. The number of aromatic hydroxyl groups is 1. The van der Waals surface area contributed by atoms with E-state index in [0.29, 0.717) is 12.1 Å². The highest BCUT2D eigenvalue weighted by Crippen LogP contribution is 2.38. The van der Waals surface area contributed by atoms with Crippen LogP contribution in [0.15, 0.2) is 17.1 Å². The van der Waals surface area contributed by atoms with Crippen molar-refractivity contribution in [1.29, 1.82) is 0 Å². The van der Waals surface area contributed by atoms with Crippen molar-refractivity contribution in [2.24, 2.45) is 4.99 Å². The molecular formula is C11H13N5O8. The van der Waals surface area contributed by atoms with Crippen LogP contribution in [0, 0.1) is 30.3 Å². The fourth-order valence-corrected chi connectivity index (χ4v) is 1.61. The molecule has 2 rings (SSSR count). The first kappa shape index (κ1) is 18.7. The average Bonchev–Trinajstić information content (AvgIpc) is 2.55. The molecule has 0 spiro atoms. The first-order chi connectivity index (χ1) is 11.3. The van der Waals surface area contributed by atoms with E-state index in [-0.39, 0.29) is 6.10 Å². The predicted molar refractivity (Wildman–Crippen MR) is 80.2 cm³/mol. The quantitative estimate of drug-likeness (QED) is 0.588. The van der Waals surface area contributed by atoms with Crippen LogP contribution in [0.25, 0.3) is 0 Å². The lowest BCUT2D eigenvalue weighted by molar-refractivity contribution is -0.404. The zero-order chi connectivity index (χ0) is 18.3. The summed E-state index contributed by atoms with van der Waals surface area (Å²) in [4.78, 5) is 31.7. The number of benzene rings is 1. The molecule has 1 aliphatic rings. The second-order valence-corrected chi connectivity index (χ2v) is 4.36. The lowest BCUT2D eigenvalue weighted by Crippen LogP contribution is -2.33. The average molecular weight is 343 g/mol. The van der Waals surface area contributed by atoms with E-state index >= 15 is 0 Å². The van der Waals surface area contributed by atoms with E-state index in [9.17, 15) is 30.3 Å². The van der Waals surface area contributed by atoms with Gasteiger partial charge in [0.2, 0.25) is 0 Å². The summed E-state index contributed by atoms with van der Waals surface area (Å²) < 4.78 is 5.01. The van der Waals surface area contributed by atoms with Gasteiger partial charge in [-0.1, -0.05) is 0 Å². The number of phenolic OH excluding ortho intramolecular Hbond substituents is 1. The smallest absolute Gasteiger partial charge is 0.324 e. The number of nitrogens with one attached hydrogen (secondary N) is 1. The molecule has 24 heavy (non-hydrogen) atoms. The number of hydrogen-bond donors (Lipinski definition) is 2. The zero-order valence-corrected chi connectivity index (χ0v) is 12.3. The fraction of sp³-hybridized carbons (Fsp3) is 0.364. The minimum absolute atomic E-state index is 0.278. The van der Waals surface area contributed by atoms with Crippen molar-refractivity contribution in [2.45, 2.75) is 6.10 Å². The number of nitrogens with zero attached hydrogens (tertiary/aromatic N) is 4. The number of methoxy groups -OCH3 is 1. The first-order valence-corrected chi connectivity index (χ1v) is 6.32. The van der Waals surface area contributed by atoms with Crippen LogP contribution in [0.3, 0.4) is 0 Å². The minimum Gasteiger partial charge on any atom is -0.497 e. The number of non-ortho nitro benzene ring substituents is 1. The molecule has 130 valence electrons. The van der Waals surface area contributed by atoms with Gasteiger partial charge in [0, 0.05) is 13.7 Å². The van der Waals surface area contributed by atoms with E-state index < -0.39 is 37.6 Å². The third-order valence-electron chi connectivity index (χ3n) is 2.83. The van der Waals surface area contributed by atoms with Gasteiger partial charge in [-0.05, 0) is 0 Å². The Morgan fingerprint density at radius 2 is 1.71 bits per heavy atom. The molecule has 1 unspecified atom stereocenters. The molecule has 1 heterocycles. The van der Waals surface area contributed by atoms with Gasteiger partial charge in [0.05, 0.1) is 45.9 Å². The van der Waals surface area contributed by atoms with Crippen molar-refractivity contribution in [2.75, 3.05) is 20.2 Å². The SMILES string of the molecule is COC1CN=CNC1.O=[N+]([O-])c1cc([N+](=O)[O-])c(O)c([N+](=O)[O-])c1. The van der Waals surface area contributed by atoms with Crippen LogP contribution in [-0.2, 0) is 4.74 Å². The Bertz CT molecular complexity index is 641. The van der Waals surface area contributed by atoms with Crippen molar-refractivity contribution in [1.82, 2.24) is 5.32 Å². The first-order valence-electron chi connectivity index (χ1n) is 6.32. The maximum atomic E-state index is 10.4. The topological polar surface area (TPSA) is 183 Å². The van der Waals surface area contributed by atoms with Gasteiger partial charge in [-0.25, -0.2) is 0 Å². The summed E-state index contributed by atoms with van der Waals surface area (Å²) in [6.45, 7) is 1.68. The molecule has 1 atom stereocenters.